The molecule has 1 unspecified atom stereocenters. The molecule has 0 saturated carbocycles. The van der Waals surface area contributed by atoms with Crippen LogP contribution in [-0.4, -0.2) is 43.8 Å². The van der Waals surface area contributed by atoms with Gasteiger partial charge in [-0.1, -0.05) is 66.2 Å². The molecule has 5 nitrogen and oxygen atoms in total. The molecule has 6 heteroatoms. The number of hydrogen-bond acceptors (Lipinski definition) is 5. The average Bonchev–Trinajstić information content (AvgIpc) is 3.17. The summed E-state index contributed by atoms with van der Waals surface area (Å²) in [5.41, 5.74) is 4.13. The molecule has 32 heavy (non-hydrogen) atoms. The van der Waals surface area contributed by atoms with E-state index < -0.39 is 0 Å². The van der Waals surface area contributed by atoms with Gasteiger partial charge < -0.3 is 4.57 Å². The van der Waals surface area contributed by atoms with E-state index in [1.807, 2.05) is 45.0 Å². The van der Waals surface area contributed by atoms with E-state index in [2.05, 4.69) is 43.9 Å². The van der Waals surface area contributed by atoms with Crippen LogP contribution < -0.4 is 0 Å². The molecular formula is C26H32N4OS. The predicted molar refractivity (Wildman–Crippen MR) is 130 cm³/mol. The van der Waals surface area contributed by atoms with Crippen molar-refractivity contribution in [1.82, 2.24) is 19.7 Å². The SMILES string of the molecule is Cc1ccc(C)c(C(=O)C(C)Sc2nnc(CN3CCCCC3)n2Cc2ccccc2)c1. The van der Waals surface area contributed by atoms with Gasteiger partial charge in [0, 0.05) is 5.56 Å². The maximum absolute atomic E-state index is 13.2. The summed E-state index contributed by atoms with van der Waals surface area (Å²) in [6.07, 6.45) is 3.80. The summed E-state index contributed by atoms with van der Waals surface area (Å²) < 4.78 is 2.20. The first-order valence-electron chi connectivity index (χ1n) is 11.5. The smallest absolute Gasteiger partial charge is 0.192 e. The lowest BCUT2D eigenvalue weighted by atomic mass is 10.0. The summed E-state index contributed by atoms with van der Waals surface area (Å²) in [7, 11) is 0. The zero-order chi connectivity index (χ0) is 22.5. The van der Waals surface area contributed by atoms with Crippen molar-refractivity contribution in [2.24, 2.45) is 0 Å². The van der Waals surface area contributed by atoms with E-state index in [1.165, 1.54) is 36.6 Å². The van der Waals surface area contributed by atoms with E-state index in [0.717, 1.165) is 47.3 Å². The summed E-state index contributed by atoms with van der Waals surface area (Å²) in [5, 5.41) is 9.67. The Labute approximate surface area is 195 Å². The molecule has 1 saturated heterocycles. The third-order valence-corrected chi connectivity index (χ3v) is 7.18. The van der Waals surface area contributed by atoms with Crippen LogP contribution in [0, 0.1) is 13.8 Å². The Hall–Kier alpha value is -2.44. The number of likely N-dealkylation sites (tertiary alicyclic amines) is 1. The van der Waals surface area contributed by atoms with Crippen LogP contribution in [0.15, 0.2) is 53.7 Å². The van der Waals surface area contributed by atoms with E-state index in [-0.39, 0.29) is 11.0 Å². The molecule has 0 spiro atoms. The fourth-order valence-electron chi connectivity index (χ4n) is 4.20. The number of thioether (sulfide) groups is 1. The molecule has 2 heterocycles. The van der Waals surface area contributed by atoms with Gasteiger partial charge in [-0.25, -0.2) is 0 Å². The lowest BCUT2D eigenvalue weighted by Crippen LogP contribution is -2.30. The molecule has 0 N–H and O–H groups in total. The molecule has 0 radical (unpaired) electrons. The minimum absolute atomic E-state index is 0.142. The number of carbonyl (C=O) groups is 1. The van der Waals surface area contributed by atoms with Crippen LogP contribution in [0.5, 0.6) is 0 Å². The van der Waals surface area contributed by atoms with Gasteiger partial charge in [0.05, 0.1) is 18.3 Å². The third-order valence-electron chi connectivity index (χ3n) is 6.10. The van der Waals surface area contributed by atoms with Gasteiger partial charge >= 0.3 is 0 Å². The maximum atomic E-state index is 13.2. The van der Waals surface area contributed by atoms with Crippen molar-refractivity contribution in [2.75, 3.05) is 13.1 Å². The molecule has 1 aromatic heterocycles. The molecule has 1 aliphatic rings. The van der Waals surface area contributed by atoms with Crippen LogP contribution in [0.2, 0.25) is 0 Å². The zero-order valence-electron chi connectivity index (χ0n) is 19.3. The van der Waals surface area contributed by atoms with Crippen molar-refractivity contribution in [3.05, 3.63) is 76.6 Å². The summed E-state index contributed by atoms with van der Waals surface area (Å²) in [6, 6.07) is 16.5. The van der Waals surface area contributed by atoms with E-state index in [4.69, 9.17) is 0 Å². The Balaban J connectivity index is 1.57. The molecule has 0 bridgehead atoms. The molecular weight excluding hydrogens is 416 g/mol. The van der Waals surface area contributed by atoms with E-state index in [0.29, 0.717) is 6.54 Å². The molecule has 1 aliphatic heterocycles. The van der Waals surface area contributed by atoms with Crippen molar-refractivity contribution in [3.63, 3.8) is 0 Å². The fourth-order valence-corrected chi connectivity index (χ4v) is 5.13. The van der Waals surface area contributed by atoms with Crippen LogP contribution >= 0.6 is 11.8 Å². The fraction of sp³-hybridized carbons (Fsp3) is 0.423. The second kappa shape index (κ2) is 10.5. The number of rotatable bonds is 8. The third kappa shape index (κ3) is 5.48. The zero-order valence-corrected chi connectivity index (χ0v) is 20.1. The van der Waals surface area contributed by atoms with Gasteiger partial charge in [-0.3, -0.25) is 9.69 Å². The van der Waals surface area contributed by atoms with Crippen LogP contribution in [0.3, 0.4) is 0 Å². The average molecular weight is 449 g/mol. The van der Waals surface area contributed by atoms with Crippen LogP contribution in [0.25, 0.3) is 0 Å². The summed E-state index contributed by atoms with van der Waals surface area (Å²) in [6.45, 7) is 9.74. The van der Waals surface area contributed by atoms with Gasteiger partial charge in [-0.05, 0) is 63.9 Å². The number of aromatic nitrogens is 3. The molecule has 1 fully saturated rings. The normalized spacial score (nSPS) is 15.6. The highest BCUT2D eigenvalue weighted by Gasteiger charge is 2.23. The number of piperidine rings is 1. The minimum atomic E-state index is -0.239. The van der Waals surface area contributed by atoms with Crippen molar-refractivity contribution < 1.29 is 4.79 Å². The van der Waals surface area contributed by atoms with Gasteiger partial charge in [0.15, 0.2) is 10.9 Å². The maximum Gasteiger partial charge on any atom is 0.192 e. The Kier molecular flexibility index (Phi) is 7.43. The molecule has 168 valence electrons. The molecule has 1 atom stereocenters. The lowest BCUT2D eigenvalue weighted by molar-refractivity contribution is 0.0993. The monoisotopic (exact) mass is 448 g/mol. The number of carbonyl (C=O) groups excluding carboxylic acids is 1. The Morgan fingerprint density at radius 3 is 2.50 bits per heavy atom. The number of ketones is 1. The number of aryl methyl sites for hydroxylation is 2. The molecule has 0 amide bonds. The first kappa shape index (κ1) is 22.7. The molecule has 4 rings (SSSR count). The Morgan fingerprint density at radius 2 is 1.75 bits per heavy atom. The van der Waals surface area contributed by atoms with Crippen LogP contribution in [0.4, 0.5) is 0 Å². The van der Waals surface area contributed by atoms with Gasteiger partial charge in [-0.15, -0.1) is 10.2 Å². The molecule has 3 aromatic rings. The van der Waals surface area contributed by atoms with Gasteiger partial charge in [0.2, 0.25) is 0 Å². The van der Waals surface area contributed by atoms with Gasteiger partial charge in [0.25, 0.3) is 0 Å². The van der Waals surface area contributed by atoms with Crippen molar-refractivity contribution in [2.45, 2.75) is 63.5 Å². The Morgan fingerprint density at radius 1 is 1.00 bits per heavy atom. The number of Topliss-reactive ketones (excluding diaryl/α,β-unsaturated/α-hetero) is 1. The summed E-state index contributed by atoms with van der Waals surface area (Å²) >= 11 is 1.51. The number of benzene rings is 2. The second-order valence-corrected chi connectivity index (χ2v) is 10.1. The quantitative estimate of drug-likeness (QED) is 0.346. The summed E-state index contributed by atoms with van der Waals surface area (Å²) in [5.74, 6) is 1.12. The number of hydrogen-bond donors (Lipinski definition) is 0. The van der Waals surface area contributed by atoms with Crippen LogP contribution in [-0.2, 0) is 13.1 Å². The highest BCUT2D eigenvalue weighted by atomic mass is 32.2. The Bertz CT molecular complexity index is 1060. The topological polar surface area (TPSA) is 51.0 Å². The van der Waals surface area contributed by atoms with Gasteiger partial charge in [0.1, 0.15) is 5.82 Å². The molecule has 2 aromatic carbocycles. The van der Waals surface area contributed by atoms with Crippen molar-refractivity contribution in [3.8, 4) is 0 Å². The van der Waals surface area contributed by atoms with E-state index in [9.17, 15) is 4.79 Å². The van der Waals surface area contributed by atoms with Crippen molar-refractivity contribution >= 4 is 17.5 Å². The summed E-state index contributed by atoms with van der Waals surface area (Å²) in [4.78, 5) is 15.7. The van der Waals surface area contributed by atoms with Crippen LogP contribution in [0.1, 0.15) is 59.1 Å². The van der Waals surface area contributed by atoms with E-state index in [1.54, 1.807) is 0 Å². The number of nitrogens with zero attached hydrogens (tertiary/aromatic N) is 4. The largest absolute Gasteiger partial charge is 0.300 e. The standard InChI is InChI=1S/C26H32N4OS/c1-19-12-13-20(2)23(16-19)25(31)21(3)32-26-28-27-24(18-29-14-8-5-9-15-29)30(26)17-22-10-6-4-7-11-22/h4,6-7,10-13,16,21H,5,8-9,14-15,17-18H2,1-3H3. The lowest BCUT2D eigenvalue weighted by Gasteiger charge is -2.26. The van der Waals surface area contributed by atoms with Crippen molar-refractivity contribution in [1.29, 1.82) is 0 Å². The predicted octanol–water partition coefficient (Wildman–Crippen LogP) is 5.29. The van der Waals surface area contributed by atoms with E-state index >= 15 is 0 Å². The van der Waals surface area contributed by atoms with Gasteiger partial charge in [-0.2, -0.15) is 0 Å². The first-order chi connectivity index (χ1) is 15.5. The first-order valence-corrected chi connectivity index (χ1v) is 12.4. The second-order valence-electron chi connectivity index (χ2n) is 8.75. The molecule has 0 aliphatic carbocycles. The minimum Gasteiger partial charge on any atom is -0.300 e. The highest BCUT2D eigenvalue weighted by molar-refractivity contribution is 8.00. The highest BCUT2D eigenvalue weighted by Crippen LogP contribution is 2.27.